The van der Waals surface area contributed by atoms with E-state index in [1.54, 1.807) is 65.1 Å². The molecule has 0 heterocycles. The summed E-state index contributed by atoms with van der Waals surface area (Å²) in [6.07, 6.45) is 9.51. The zero-order valence-corrected chi connectivity index (χ0v) is 78.7. The monoisotopic (exact) mass is 2250 g/mol. The third-order valence-electron chi connectivity index (χ3n) is 13.1. The molecule has 0 amide bonds. The Morgan fingerprint density at radius 1 is 0.453 bits per heavy atom. The van der Waals surface area contributed by atoms with Gasteiger partial charge in [-0.1, -0.05) is 97.6 Å². The molecule has 9 N–H and O–H groups in total. The summed E-state index contributed by atoms with van der Waals surface area (Å²) in [4.78, 5) is 63.2. The van der Waals surface area contributed by atoms with Gasteiger partial charge in [-0.25, -0.2) is 45.5 Å². The van der Waals surface area contributed by atoms with E-state index in [1.807, 2.05) is 124 Å². The standard InChI is InChI=1S/C25H22BrF2NO3S.C18H18FNO2S.C11H11BrFNO2.C7H5BrFIO.C7H8S.C6H4BrFIN.C5H8O2.2C2H4O2.Pd/c1-3-32-25(30)10-9-17-11-24(33-15-16-7-5-4-6-8-16)20(28)14-21(17)29-22-13-19(27)18(26)12-23(22)31-2;1-2-22-18(21)9-8-14-10-17(15(19)11-16(14)20)23-12-13-6-4-3-5-7-13;1-2-16-11(15)4-3-7-5-8(12)9(13)6-10(7)14;1-11-7-2-4(8)5(9)3-6(7)10;8-6-7-4-2-1-3-5-7;7-3-1-5(9)6(10)2-4(3)8;1-3-5(6)7-4-2;2*1-2(3)4;/h4-14,29H,3,15H2,1-2H3;3-11H,2,12,20H2,1H3;3-6H,2,14H2,1H3;2-3H,1H3;1-5,8H,6H2;1-2H,10H2;3H,1,4H2,2H3;2*1H3,(H,3,4);/b10-9+;9-8+;4-3+;;;;;;;. The molecule has 0 aromatic heterocycles. The Balaban J connectivity index is 0.00000140. The zero-order valence-electron chi connectivity index (χ0n) is 63.9. The number of nitrogens with two attached hydrogens (primary N) is 3. The van der Waals surface area contributed by atoms with Crippen LogP contribution in [-0.2, 0) is 85.4 Å². The SMILES string of the molecule is C=CC(=O)OCC.CC(=O)O.CC(=O)O.CCOC(=O)/C=C/c1cc(Br)c(F)cc1N.CCOC(=O)/C=C/c1cc(SCc2ccccc2)c(F)cc1N.CCOC(=O)/C=C/c1cc(SCc2ccccc2)c(F)cc1Nc1cc(F)c(Br)cc1OC.COc1cc(Br)c(F)cc1I.Nc1cc(F)c(Br)cc1I.SCc1ccccc1.[Pd]. The number of halogens is 12. The quantitative estimate of drug-likeness (QED) is 0.00317. The summed E-state index contributed by atoms with van der Waals surface area (Å²) in [6, 6.07) is 47.0. The Hall–Kier alpha value is -7.77. The number of rotatable bonds is 22. The van der Waals surface area contributed by atoms with Gasteiger partial charge < -0.3 is 61.2 Å². The number of thiol groups is 1. The first-order chi connectivity index (χ1) is 55.0. The number of benzene rings is 9. The second kappa shape index (κ2) is 62.4. The number of aliphatic carboxylic acids is 2. The first-order valence-corrected chi connectivity index (χ1v) is 41.7. The summed E-state index contributed by atoms with van der Waals surface area (Å²) in [5.41, 5.74) is 23.6. The molecule has 9 aromatic rings. The number of hydrogen-bond acceptors (Lipinski definition) is 19. The van der Waals surface area contributed by atoms with Gasteiger partial charge in [-0.3, -0.25) is 9.59 Å². The van der Waals surface area contributed by atoms with Gasteiger partial charge >= 0.3 is 23.9 Å². The predicted molar refractivity (Wildman–Crippen MR) is 486 cm³/mol. The van der Waals surface area contributed by atoms with Crippen molar-refractivity contribution in [2.45, 2.75) is 68.6 Å². The van der Waals surface area contributed by atoms with E-state index in [1.165, 1.54) is 115 Å². The molecule has 0 fully saturated rings. The van der Waals surface area contributed by atoms with E-state index in [0.717, 1.165) is 43.9 Å². The van der Waals surface area contributed by atoms with Crippen molar-refractivity contribution in [1.82, 2.24) is 0 Å². The molecule has 0 bridgehead atoms. The second-order valence-electron chi connectivity index (χ2n) is 21.9. The molecule has 0 saturated carbocycles. The minimum Gasteiger partial charge on any atom is -0.496 e. The molecule has 0 aliphatic heterocycles. The third-order valence-corrected chi connectivity index (χ3v) is 19.9. The number of carboxylic acids is 2. The van der Waals surface area contributed by atoms with E-state index in [4.69, 9.17) is 60.7 Å². The van der Waals surface area contributed by atoms with Gasteiger partial charge in [0.15, 0.2) is 0 Å². The number of carboxylic acid groups (broad SMARTS) is 2. The average Bonchev–Trinajstić information content (AvgIpc) is 0.809. The van der Waals surface area contributed by atoms with Crippen LogP contribution in [-0.4, -0.2) is 86.7 Å². The van der Waals surface area contributed by atoms with Crippen molar-refractivity contribution in [3.05, 3.63) is 288 Å². The van der Waals surface area contributed by atoms with Crippen molar-refractivity contribution in [3.63, 3.8) is 0 Å². The first kappa shape index (κ1) is 109. The van der Waals surface area contributed by atoms with Crippen LogP contribution >= 0.6 is 145 Å². The second-order valence-corrected chi connectivity index (χ2v) is 30.0. The normalized spacial score (nSPS) is 9.96. The van der Waals surface area contributed by atoms with Gasteiger partial charge in [0.1, 0.15) is 46.4 Å². The van der Waals surface area contributed by atoms with Gasteiger partial charge in [-0.05, 0) is 255 Å². The molecule has 0 aliphatic rings. The van der Waals surface area contributed by atoms with Crippen LogP contribution in [0.15, 0.2) is 222 Å². The van der Waals surface area contributed by atoms with Crippen LogP contribution < -0.4 is 32.0 Å². The van der Waals surface area contributed by atoms with Gasteiger partial charge in [0, 0.05) is 118 Å². The molecule has 0 saturated heterocycles. The van der Waals surface area contributed by atoms with Gasteiger partial charge in [-0.2, -0.15) is 12.6 Å². The molecule has 18 nitrogen and oxygen atoms in total. The van der Waals surface area contributed by atoms with Crippen LogP contribution in [0.4, 0.5) is 54.8 Å². The van der Waals surface area contributed by atoms with Crippen molar-refractivity contribution in [1.29, 1.82) is 0 Å². The summed E-state index contributed by atoms with van der Waals surface area (Å²) in [5.74, 6) is -2.67. The van der Waals surface area contributed by atoms with Crippen LogP contribution in [0.5, 0.6) is 11.5 Å². The summed E-state index contributed by atoms with van der Waals surface area (Å²) in [7, 11) is 3.01. The summed E-state index contributed by atoms with van der Waals surface area (Å²) in [6.45, 7) is 13.6. The van der Waals surface area contributed by atoms with Crippen molar-refractivity contribution in [3.8, 4) is 11.5 Å². The maximum atomic E-state index is 15.0. The Morgan fingerprint density at radius 2 is 0.778 bits per heavy atom. The molecule has 0 atom stereocenters. The topological polar surface area (TPSA) is 288 Å². The van der Waals surface area contributed by atoms with Crippen LogP contribution in [0.25, 0.3) is 18.2 Å². The number of nitrogens with one attached hydrogen (secondary N) is 1. The molecule has 0 aliphatic carbocycles. The van der Waals surface area contributed by atoms with Gasteiger partial charge in [0.25, 0.3) is 11.9 Å². The van der Waals surface area contributed by atoms with Gasteiger partial charge in [0.2, 0.25) is 0 Å². The van der Waals surface area contributed by atoms with Crippen molar-refractivity contribution < 1.29 is 114 Å². The molecular formula is C83H84Br4F6I2N4O14PdS3. The number of carbonyl (C=O) groups excluding carboxylic acids is 4. The van der Waals surface area contributed by atoms with Gasteiger partial charge in [0.05, 0.1) is 67.8 Å². The van der Waals surface area contributed by atoms with Crippen molar-refractivity contribution in [2.24, 2.45) is 0 Å². The number of anilines is 5. The fraction of sp³-hybridized carbons (Fsp3) is 0.181. The van der Waals surface area contributed by atoms with Crippen LogP contribution in [0.2, 0.25) is 0 Å². The Bertz CT molecular complexity index is 4670. The maximum Gasteiger partial charge on any atom is 0.330 e. The Labute approximate surface area is 765 Å². The van der Waals surface area contributed by atoms with E-state index in [2.05, 4.69) is 105 Å². The number of methoxy groups -OCH3 is 2. The number of nitrogen functional groups attached to an aromatic ring is 3. The minimum absolute atomic E-state index is 0. The summed E-state index contributed by atoms with van der Waals surface area (Å²) in [5, 5.41) is 17.9. The minimum atomic E-state index is -0.833. The van der Waals surface area contributed by atoms with Crippen LogP contribution in [0, 0.1) is 42.0 Å². The largest absolute Gasteiger partial charge is 0.496 e. The number of esters is 4. The first-order valence-electron chi connectivity index (χ1n) is 33.8. The fourth-order valence-electron chi connectivity index (χ4n) is 7.93. The Kier molecular flexibility index (Phi) is 58.3. The van der Waals surface area contributed by atoms with E-state index in [-0.39, 0.29) is 66.3 Å². The zero-order chi connectivity index (χ0) is 87.4. The average molecular weight is 2250 g/mol. The fourth-order valence-corrected chi connectivity index (χ4v) is 12.9. The number of ether oxygens (including phenoxy) is 6. The smallest absolute Gasteiger partial charge is 0.330 e. The number of thioether (sulfide) groups is 2. The van der Waals surface area contributed by atoms with E-state index >= 15 is 0 Å². The van der Waals surface area contributed by atoms with Crippen molar-refractivity contribution >= 4 is 228 Å². The molecular weight excluding hydrogens is 2170 g/mol. The molecule has 9 aromatic carbocycles. The molecule has 0 radical (unpaired) electrons. The molecule has 117 heavy (non-hydrogen) atoms. The molecule has 34 heteroatoms. The summed E-state index contributed by atoms with van der Waals surface area (Å²) >= 11 is 23.2. The molecule has 0 spiro atoms. The third kappa shape index (κ3) is 47.0. The predicted octanol–water partition coefficient (Wildman–Crippen LogP) is 23.4. The van der Waals surface area contributed by atoms with E-state index in [0.29, 0.717) is 99.8 Å². The van der Waals surface area contributed by atoms with Gasteiger partial charge in [-0.15, -0.1) is 23.5 Å². The van der Waals surface area contributed by atoms with Crippen molar-refractivity contribution in [2.75, 3.05) is 63.2 Å². The molecule has 632 valence electrons. The molecule has 0 unspecified atom stereocenters. The number of hydrogen-bond donors (Lipinski definition) is 7. The maximum absolute atomic E-state index is 15.0. The Morgan fingerprint density at radius 3 is 1.16 bits per heavy atom. The van der Waals surface area contributed by atoms with E-state index in [9.17, 15) is 45.5 Å². The summed E-state index contributed by atoms with van der Waals surface area (Å²) < 4.78 is 114. The van der Waals surface area contributed by atoms with E-state index < -0.39 is 47.3 Å². The molecule has 9 rings (SSSR count). The number of carbonyl (C=O) groups is 6. The van der Waals surface area contributed by atoms with Crippen LogP contribution in [0.3, 0.4) is 0 Å². The van der Waals surface area contributed by atoms with Crippen LogP contribution in [0.1, 0.15) is 74.9 Å².